The van der Waals surface area contributed by atoms with E-state index in [0.29, 0.717) is 10.8 Å². The van der Waals surface area contributed by atoms with Gasteiger partial charge in [-0.15, -0.1) is 0 Å². The molecule has 2 N–H and O–H groups in total. The van der Waals surface area contributed by atoms with Gasteiger partial charge in [0.2, 0.25) is 0 Å². The van der Waals surface area contributed by atoms with E-state index in [2.05, 4.69) is 26.6 Å². The molecule has 7 heteroatoms. The third-order valence-electron chi connectivity index (χ3n) is 2.03. The molecule has 98 valence electrons. The van der Waals surface area contributed by atoms with Gasteiger partial charge < -0.3 is 10.1 Å². The number of nitrogens with one attached hydrogen (secondary N) is 2. The predicted molar refractivity (Wildman–Crippen MR) is 71.8 cm³/mol. The lowest BCUT2D eigenvalue weighted by molar-refractivity contribution is -0.126. The second-order valence-corrected chi connectivity index (χ2v) is 4.73. The Labute approximate surface area is 118 Å². The minimum Gasteiger partial charge on any atom is -0.479 e. The number of benzene rings is 1. The Kier molecular flexibility index (Phi) is 5.43. The van der Waals surface area contributed by atoms with E-state index in [9.17, 15) is 9.59 Å². The Morgan fingerprint density at radius 1 is 1.44 bits per heavy atom. The average molecular weight is 336 g/mol. The van der Waals surface area contributed by atoms with Crippen LogP contribution in [0.5, 0.6) is 5.75 Å². The van der Waals surface area contributed by atoms with Gasteiger partial charge in [-0.3, -0.25) is 10.1 Å². The number of hydrogen-bond acceptors (Lipinski definition) is 3. The van der Waals surface area contributed by atoms with Crippen molar-refractivity contribution in [1.82, 2.24) is 10.6 Å². The number of hydrogen-bond donors (Lipinski definition) is 2. The van der Waals surface area contributed by atoms with E-state index in [1.54, 1.807) is 18.2 Å². The summed E-state index contributed by atoms with van der Waals surface area (Å²) in [4.78, 5) is 22.5. The number of carbonyl (C=O) groups excluding carboxylic acids is 2. The topological polar surface area (TPSA) is 67.4 Å². The van der Waals surface area contributed by atoms with Gasteiger partial charge in [-0.1, -0.05) is 27.5 Å². The van der Waals surface area contributed by atoms with Gasteiger partial charge in [0.25, 0.3) is 5.91 Å². The van der Waals surface area contributed by atoms with E-state index in [1.807, 2.05) is 0 Å². The molecule has 0 heterocycles. The van der Waals surface area contributed by atoms with Crippen molar-refractivity contribution < 1.29 is 14.3 Å². The third-order valence-corrected chi connectivity index (χ3v) is 2.82. The maximum Gasteiger partial charge on any atom is 0.321 e. The summed E-state index contributed by atoms with van der Waals surface area (Å²) in [5, 5.41) is 4.77. The average Bonchev–Trinajstić information content (AvgIpc) is 2.32. The molecule has 0 aromatic heterocycles. The first-order chi connectivity index (χ1) is 8.43. The molecular weight excluding hydrogens is 323 g/mol. The summed E-state index contributed by atoms with van der Waals surface area (Å²) in [5.74, 6) is -0.173. The number of ether oxygens (including phenoxy) is 1. The van der Waals surface area contributed by atoms with Crippen LogP contribution in [-0.2, 0) is 4.79 Å². The highest BCUT2D eigenvalue weighted by Crippen LogP contribution is 2.28. The lowest BCUT2D eigenvalue weighted by atomic mass is 10.3. The highest BCUT2D eigenvalue weighted by atomic mass is 79.9. The molecule has 0 spiro atoms. The number of carbonyl (C=O) groups is 2. The molecule has 0 unspecified atom stereocenters. The molecule has 1 atom stereocenters. The Morgan fingerprint density at radius 3 is 2.67 bits per heavy atom. The highest BCUT2D eigenvalue weighted by molar-refractivity contribution is 9.10. The van der Waals surface area contributed by atoms with Gasteiger partial charge in [-0.05, 0) is 25.1 Å². The van der Waals surface area contributed by atoms with Crippen LogP contribution in [0.25, 0.3) is 0 Å². The van der Waals surface area contributed by atoms with E-state index in [0.717, 1.165) is 4.47 Å². The van der Waals surface area contributed by atoms with Crippen LogP contribution in [-0.4, -0.2) is 25.1 Å². The number of halogens is 2. The predicted octanol–water partition coefficient (Wildman–Crippen LogP) is 2.33. The molecule has 0 aliphatic rings. The molecule has 0 fully saturated rings. The summed E-state index contributed by atoms with van der Waals surface area (Å²) in [6.07, 6.45) is -0.832. The Bertz CT molecular complexity index is 468. The molecule has 0 aliphatic heterocycles. The lowest BCUT2D eigenvalue weighted by Crippen LogP contribution is -2.43. The Balaban J connectivity index is 2.66. The van der Waals surface area contributed by atoms with E-state index >= 15 is 0 Å². The highest BCUT2D eigenvalue weighted by Gasteiger charge is 2.17. The molecule has 0 radical (unpaired) electrons. The van der Waals surface area contributed by atoms with E-state index in [4.69, 9.17) is 16.3 Å². The second-order valence-electron chi connectivity index (χ2n) is 3.40. The number of urea groups is 1. The van der Waals surface area contributed by atoms with Crippen LogP contribution < -0.4 is 15.4 Å². The van der Waals surface area contributed by atoms with Crippen molar-refractivity contribution in [1.29, 1.82) is 0 Å². The third kappa shape index (κ3) is 4.19. The normalized spacial score (nSPS) is 11.6. The van der Waals surface area contributed by atoms with Crippen LogP contribution >= 0.6 is 27.5 Å². The van der Waals surface area contributed by atoms with Crippen molar-refractivity contribution in [2.45, 2.75) is 13.0 Å². The van der Waals surface area contributed by atoms with Crippen molar-refractivity contribution >= 4 is 39.5 Å². The molecule has 0 saturated carbocycles. The van der Waals surface area contributed by atoms with Crippen LogP contribution in [0.1, 0.15) is 6.92 Å². The molecule has 3 amide bonds. The van der Waals surface area contributed by atoms with Crippen molar-refractivity contribution in [3.63, 3.8) is 0 Å². The summed E-state index contributed by atoms with van der Waals surface area (Å²) in [6, 6.07) is 4.44. The zero-order chi connectivity index (χ0) is 13.7. The monoisotopic (exact) mass is 334 g/mol. The SMILES string of the molecule is CNC(=O)NC(=O)[C@@H](C)Oc1ccc(Br)cc1Cl. The quantitative estimate of drug-likeness (QED) is 0.891. The smallest absolute Gasteiger partial charge is 0.321 e. The molecule has 0 aliphatic carbocycles. The lowest BCUT2D eigenvalue weighted by Gasteiger charge is -2.15. The van der Waals surface area contributed by atoms with E-state index < -0.39 is 18.0 Å². The maximum absolute atomic E-state index is 11.5. The molecule has 0 bridgehead atoms. The Morgan fingerprint density at radius 2 is 2.11 bits per heavy atom. The summed E-state index contributed by atoms with van der Waals surface area (Å²) in [7, 11) is 1.42. The molecule has 1 aromatic rings. The van der Waals surface area contributed by atoms with Gasteiger partial charge in [0.05, 0.1) is 5.02 Å². The first-order valence-corrected chi connectivity index (χ1v) is 6.25. The van der Waals surface area contributed by atoms with Crippen molar-refractivity contribution in [3.8, 4) is 5.75 Å². The Hall–Kier alpha value is -1.27. The summed E-state index contributed by atoms with van der Waals surface area (Å²) >= 11 is 9.21. The number of imide groups is 1. The van der Waals surface area contributed by atoms with Crippen molar-refractivity contribution in [3.05, 3.63) is 27.7 Å². The first-order valence-electron chi connectivity index (χ1n) is 5.08. The second kappa shape index (κ2) is 6.61. The summed E-state index contributed by atoms with van der Waals surface area (Å²) in [6.45, 7) is 1.52. The number of rotatable bonds is 3. The fraction of sp³-hybridized carbons (Fsp3) is 0.273. The van der Waals surface area contributed by atoms with Gasteiger partial charge >= 0.3 is 6.03 Å². The van der Waals surface area contributed by atoms with Crippen molar-refractivity contribution in [2.75, 3.05) is 7.05 Å². The van der Waals surface area contributed by atoms with Gasteiger partial charge in [-0.2, -0.15) is 0 Å². The largest absolute Gasteiger partial charge is 0.479 e. The van der Waals surface area contributed by atoms with Gasteiger partial charge in [0, 0.05) is 11.5 Å². The molecule has 18 heavy (non-hydrogen) atoms. The fourth-order valence-corrected chi connectivity index (χ4v) is 1.81. The fourth-order valence-electron chi connectivity index (χ4n) is 1.09. The van der Waals surface area contributed by atoms with Crippen LogP contribution in [0.2, 0.25) is 5.02 Å². The van der Waals surface area contributed by atoms with Crippen LogP contribution in [0.4, 0.5) is 4.79 Å². The summed E-state index contributed by atoms with van der Waals surface area (Å²) < 4.78 is 6.17. The zero-order valence-electron chi connectivity index (χ0n) is 9.79. The van der Waals surface area contributed by atoms with Crippen molar-refractivity contribution in [2.24, 2.45) is 0 Å². The molecular formula is C11H12BrClN2O3. The van der Waals surface area contributed by atoms with Gasteiger partial charge in [0.1, 0.15) is 5.75 Å². The molecule has 1 rings (SSSR count). The van der Waals surface area contributed by atoms with Crippen LogP contribution in [0.15, 0.2) is 22.7 Å². The zero-order valence-corrected chi connectivity index (χ0v) is 12.1. The molecule has 1 aromatic carbocycles. The first kappa shape index (κ1) is 14.8. The van der Waals surface area contributed by atoms with E-state index in [1.165, 1.54) is 14.0 Å². The molecule has 5 nitrogen and oxygen atoms in total. The molecule has 0 saturated heterocycles. The van der Waals surface area contributed by atoms with Gasteiger partial charge in [-0.25, -0.2) is 4.79 Å². The number of amides is 3. The minimum absolute atomic E-state index is 0.374. The van der Waals surface area contributed by atoms with E-state index in [-0.39, 0.29) is 0 Å². The van der Waals surface area contributed by atoms with Crippen LogP contribution in [0.3, 0.4) is 0 Å². The van der Waals surface area contributed by atoms with Crippen LogP contribution in [0, 0.1) is 0 Å². The minimum atomic E-state index is -0.832. The summed E-state index contributed by atoms with van der Waals surface area (Å²) in [5.41, 5.74) is 0. The maximum atomic E-state index is 11.5. The standard InChI is InChI=1S/C11H12BrClN2O3/c1-6(10(16)15-11(17)14-2)18-9-4-3-7(12)5-8(9)13/h3-6H,1-2H3,(H2,14,15,16,17)/t6-/m1/s1. The van der Waals surface area contributed by atoms with Gasteiger partial charge in [0.15, 0.2) is 6.10 Å².